The first-order valence-corrected chi connectivity index (χ1v) is 9.42. The average Bonchev–Trinajstić information content (AvgIpc) is 2.74. The van der Waals surface area contributed by atoms with Gasteiger partial charge in [0, 0.05) is 49.1 Å². The van der Waals surface area contributed by atoms with Gasteiger partial charge < -0.3 is 19.5 Å². The zero-order valence-corrected chi connectivity index (χ0v) is 16.0. The summed E-state index contributed by atoms with van der Waals surface area (Å²) in [4.78, 5) is 16.8. The van der Waals surface area contributed by atoms with Gasteiger partial charge >= 0.3 is 6.09 Å². The number of piperidine rings is 1. The highest BCUT2D eigenvalue weighted by atomic mass is 19.1. The van der Waals surface area contributed by atoms with E-state index in [0.29, 0.717) is 36.8 Å². The first-order valence-electron chi connectivity index (χ1n) is 9.42. The van der Waals surface area contributed by atoms with Crippen LogP contribution < -0.4 is 9.47 Å². The van der Waals surface area contributed by atoms with E-state index in [0.717, 1.165) is 16.9 Å². The third-order valence-corrected chi connectivity index (χ3v) is 5.16. The molecule has 0 bridgehead atoms. The van der Waals surface area contributed by atoms with E-state index >= 15 is 0 Å². The van der Waals surface area contributed by atoms with E-state index in [1.807, 2.05) is 30.3 Å². The molecule has 0 saturated carbocycles. The molecule has 1 aromatic heterocycles. The number of aromatic nitrogens is 1. The van der Waals surface area contributed by atoms with Crippen molar-refractivity contribution in [3.8, 4) is 22.6 Å². The second kappa shape index (κ2) is 7.95. The van der Waals surface area contributed by atoms with E-state index in [1.54, 1.807) is 12.3 Å². The number of likely N-dealkylation sites (tertiary alicyclic amines) is 1. The maximum Gasteiger partial charge on any atom is 0.407 e. The second-order valence-electron chi connectivity index (χ2n) is 7.01. The number of nitrogens with zero attached hydrogens (tertiary/aromatic N) is 2. The fraction of sp³-hybridized carbons (Fsp3) is 0.273. The molecule has 0 atom stereocenters. The lowest BCUT2D eigenvalue weighted by molar-refractivity contribution is 0.0895. The predicted octanol–water partition coefficient (Wildman–Crippen LogP) is 4.57. The van der Waals surface area contributed by atoms with Gasteiger partial charge in [0.1, 0.15) is 11.9 Å². The topological polar surface area (TPSA) is 71.9 Å². The Bertz CT molecular complexity index is 1030. The molecule has 0 radical (unpaired) electrons. The number of carbonyl (C=O) groups is 1. The third kappa shape index (κ3) is 4.08. The van der Waals surface area contributed by atoms with Crippen molar-refractivity contribution in [2.24, 2.45) is 0 Å². The summed E-state index contributed by atoms with van der Waals surface area (Å²) in [6.45, 7) is 0.977. The van der Waals surface area contributed by atoms with Crippen molar-refractivity contribution in [3.05, 3.63) is 54.5 Å². The van der Waals surface area contributed by atoms with Crippen LogP contribution in [-0.2, 0) is 0 Å². The Balaban J connectivity index is 1.47. The van der Waals surface area contributed by atoms with Crippen LogP contribution in [0.3, 0.4) is 0 Å². The van der Waals surface area contributed by atoms with Crippen molar-refractivity contribution in [1.82, 2.24) is 9.88 Å². The third-order valence-electron chi connectivity index (χ3n) is 5.16. The number of halogens is 1. The van der Waals surface area contributed by atoms with Crippen LogP contribution in [0, 0.1) is 5.82 Å². The number of hydrogen-bond donors (Lipinski definition) is 1. The molecule has 1 N–H and O–H groups in total. The van der Waals surface area contributed by atoms with Crippen molar-refractivity contribution in [3.63, 3.8) is 0 Å². The molecule has 4 rings (SSSR count). The first-order chi connectivity index (χ1) is 14.0. The molecule has 1 amide bonds. The molecule has 0 spiro atoms. The molecule has 7 heteroatoms. The number of ether oxygens (including phenoxy) is 2. The van der Waals surface area contributed by atoms with E-state index in [1.165, 1.54) is 18.1 Å². The molecule has 0 unspecified atom stereocenters. The lowest BCUT2D eigenvalue weighted by atomic mass is 10.0. The predicted molar refractivity (Wildman–Crippen MR) is 107 cm³/mol. The maximum absolute atomic E-state index is 14.0. The molecule has 0 aliphatic carbocycles. The van der Waals surface area contributed by atoms with E-state index in [9.17, 15) is 9.18 Å². The molecule has 2 aromatic carbocycles. The summed E-state index contributed by atoms with van der Waals surface area (Å²) < 4.78 is 25.0. The quantitative estimate of drug-likeness (QED) is 0.699. The van der Waals surface area contributed by atoms with Gasteiger partial charge in [-0.25, -0.2) is 9.18 Å². The molecule has 1 aliphatic heterocycles. The Kier molecular flexibility index (Phi) is 5.20. The van der Waals surface area contributed by atoms with Gasteiger partial charge in [-0.3, -0.25) is 4.98 Å². The molecular weight excluding hydrogens is 375 g/mol. The molecule has 6 nitrogen and oxygen atoms in total. The highest BCUT2D eigenvalue weighted by Crippen LogP contribution is 2.29. The minimum atomic E-state index is -0.880. The number of amides is 1. The summed E-state index contributed by atoms with van der Waals surface area (Å²) >= 11 is 0. The summed E-state index contributed by atoms with van der Waals surface area (Å²) in [5.74, 6) is 0.497. The van der Waals surface area contributed by atoms with Gasteiger partial charge in [0.15, 0.2) is 11.6 Å². The summed E-state index contributed by atoms with van der Waals surface area (Å²) in [6, 6.07) is 12.5. The average molecular weight is 396 g/mol. The van der Waals surface area contributed by atoms with Crippen LogP contribution in [-0.4, -0.2) is 47.4 Å². The van der Waals surface area contributed by atoms with Gasteiger partial charge in [0.2, 0.25) is 0 Å². The van der Waals surface area contributed by atoms with Gasteiger partial charge in [-0.1, -0.05) is 12.1 Å². The monoisotopic (exact) mass is 396 g/mol. The molecule has 1 saturated heterocycles. The Labute approximate surface area is 167 Å². The Hall–Kier alpha value is -3.35. The molecule has 29 heavy (non-hydrogen) atoms. The van der Waals surface area contributed by atoms with E-state index in [-0.39, 0.29) is 11.9 Å². The number of rotatable bonds is 4. The number of methoxy groups -OCH3 is 1. The zero-order chi connectivity index (χ0) is 20.4. The normalized spacial score (nSPS) is 14.8. The van der Waals surface area contributed by atoms with Crippen LogP contribution in [0.25, 0.3) is 22.0 Å². The zero-order valence-electron chi connectivity index (χ0n) is 16.0. The fourth-order valence-electron chi connectivity index (χ4n) is 3.53. The highest BCUT2D eigenvalue weighted by Gasteiger charge is 2.23. The number of benzene rings is 2. The summed E-state index contributed by atoms with van der Waals surface area (Å²) in [7, 11) is 1.43. The number of pyridine rings is 1. The molecular formula is C22H21FN2O4. The van der Waals surface area contributed by atoms with Crippen molar-refractivity contribution in [2.75, 3.05) is 20.2 Å². The van der Waals surface area contributed by atoms with E-state index in [4.69, 9.17) is 14.6 Å². The van der Waals surface area contributed by atoms with Crippen LogP contribution in [0.15, 0.2) is 48.7 Å². The van der Waals surface area contributed by atoms with Crippen molar-refractivity contribution in [2.45, 2.75) is 18.9 Å². The number of hydrogen-bond acceptors (Lipinski definition) is 4. The minimum absolute atomic E-state index is 0.0109. The lowest BCUT2D eigenvalue weighted by Crippen LogP contribution is -2.41. The fourth-order valence-corrected chi connectivity index (χ4v) is 3.53. The number of fused-ring (bicyclic) bond motifs is 1. The Morgan fingerprint density at radius 3 is 2.52 bits per heavy atom. The standard InChI is InChI=1S/C22H21FN2O4/c1-28-21-12-20-15(11-19(21)23)10-16(13-24-20)14-2-4-17(5-3-14)29-18-6-8-25(9-7-18)22(26)27/h2-5,10-13,18H,6-9H2,1H3,(H,26,27). The molecule has 1 fully saturated rings. The Morgan fingerprint density at radius 1 is 1.14 bits per heavy atom. The van der Waals surface area contributed by atoms with Gasteiger partial charge in [0.05, 0.1) is 12.6 Å². The van der Waals surface area contributed by atoms with Gasteiger partial charge in [0.25, 0.3) is 0 Å². The smallest absolute Gasteiger partial charge is 0.407 e. The van der Waals surface area contributed by atoms with Gasteiger partial charge in [-0.15, -0.1) is 0 Å². The van der Waals surface area contributed by atoms with Gasteiger partial charge in [-0.2, -0.15) is 0 Å². The largest absolute Gasteiger partial charge is 0.494 e. The van der Waals surface area contributed by atoms with Crippen LogP contribution in [0.1, 0.15) is 12.8 Å². The summed E-state index contributed by atoms with van der Waals surface area (Å²) in [6.07, 6.45) is 2.24. The highest BCUT2D eigenvalue weighted by molar-refractivity contribution is 5.84. The molecule has 3 aromatic rings. The summed E-state index contributed by atoms with van der Waals surface area (Å²) in [5.41, 5.74) is 2.49. The van der Waals surface area contributed by atoms with E-state index < -0.39 is 11.9 Å². The van der Waals surface area contributed by atoms with E-state index in [2.05, 4.69) is 4.98 Å². The Morgan fingerprint density at radius 2 is 1.86 bits per heavy atom. The SMILES string of the molecule is COc1cc2ncc(-c3ccc(OC4CCN(C(=O)O)CC4)cc3)cc2cc1F. The van der Waals surface area contributed by atoms with Crippen molar-refractivity contribution in [1.29, 1.82) is 0 Å². The second-order valence-corrected chi connectivity index (χ2v) is 7.01. The van der Waals surface area contributed by atoms with Crippen molar-refractivity contribution < 1.29 is 23.8 Å². The molecule has 150 valence electrons. The summed E-state index contributed by atoms with van der Waals surface area (Å²) in [5, 5.41) is 9.71. The number of carboxylic acid groups (broad SMARTS) is 1. The van der Waals surface area contributed by atoms with Crippen LogP contribution >= 0.6 is 0 Å². The van der Waals surface area contributed by atoms with Crippen LogP contribution in [0.5, 0.6) is 11.5 Å². The molecule has 1 aliphatic rings. The maximum atomic E-state index is 14.0. The van der Waals surface area contributed by atoms with Crippen LogP contribution in [0.2, 0.25) is 0 Å². The van der Waals surface area contributed by atoms with Gasteiger partial charge in [-0.05, 0) is 29.8 Å². The lowest BCUT2D eigenvalue weighted by Gasteiger charge is -2.30. The van der Waals surface area contributed by atoms with Crippen molar-refractivity contribution >= 4 is 17.0 Å². The molecule has 2 heterocycles. The van der Waals surface area contributed by atoms with Crippen LogP contribution in [0.4, 0.5) is 9.18 Å². The first kappa shape index (κ1) is 19.0. The minimum Gasteiger partial charge on any atom is -0.494 e.